The molecule has 3 rings (SSSR count). The van der Waals surface area contributed by atoms with E-state index in [1.54, 1.807) is 18.4 Å². The third-order valence-corrected chi connectivity index (χ3v) is 6.00. The molecule has 0 spiro atoms. The number of carbonyl (C=O) groups excluding carboxylic acids is 1. The largest absolute Gasteiger partial charge is 0.379 e. The third kappa shape index (κ3) is 8.40. The first-order valence-electron chi connectivity index (χ1n) is 10.3. The predicted molar refractivity (Wildman–Crippen MR) is 139 cm³/mol. The van der Waals surface area contributed by atoms with Gasteiger partial charge in [0, 0.05) is 50.7 Å². The Balaban J connectivity index is 0.00000341. The fourth-order valence-corrected chi connectivity index (χ4v) is 4.34. The molecule has 170 valence electrons. The molecule has 1 saturated heterocycles. The van der Waals surface area contributed by atoms with Gasteiger partial charge in [0.2, 0.25) is 5.91 Å². The summed E-state index contributed by atoms with van der Waals surface area (Å²) < 4.78 is 5.52. The standard InChI is InChI=1S/C22H31N5O2S.HI/c1-17(28)26-19-7-5-18(6-8-19)9-10-24-22(23-2)25-16-20(21-4-3-15-30-21)27-11-13-29-14-12-27;/h3-8,15,20H,9-14,16H2,1-2H3,(H,26,28)(H2,23,24,25);1H. The van der Waals surface area contributed by atoms with Crippen molar-refractivity contribution in [1.82, 2.24) is 15.5 Å². The van der Waals surface area contributed by atoms with Crippen LogP contribution < -0.4 is 16.0 Å². The van der Waals surface area contributed by atoms with Crippen LogP contribution in [0.4, 0.5) is 5.69 Å². The number of nitrogens with one attached hydrogen (secondary N) is 3. The molecule has 3 N–H and O–H groups in total. The minimum absolute atomic E-state index is 0. The lowest BCUT2D eigenvalue weighted by atomic mass is 10.1. The van der Waals surface area contributed by atoms with E-state index in [0.29, 0.717) is 6.04 Å². The summed E-state index contributed by atoms with van der Waals surface area (Å²) in [4.78, 5) is 19.3. The van der Waals surface area contributed by atoms with Crippen LogP contribution in [-0.2, 0) is 16.0 Å². The first-order valence-corrected chi connectivity index (χ1v) is 11.2. The molecule has 31 heavy (non-hydrogen) atoms. The van der Waals surface area contributed by atoms with E-state index in [-0.39, 0.29) is 29.9 Å². The lowest BCUT2D eigenvalue weighted by Gasteiger charge is -2.34. The van der Waals surface area contributed by atoms with E-state index in [1.807, 2.05) is 24.3 Å². The number of anilines is 1. The second-order valence-electron chi connectivity index (χ2n) is 7.19. The van der Waals surface area contributed by atoms with Crippen LogP contribution in [0.25, 0.3) is 0 Å². The average Bonchev–Trinajstić information content (AvgIpc) is 3.29. The zero-order valence-corrected chi connectivity index (χ0v) is 21.2. The number of nitrogens with zero attached hydrogens (tertiary/aromatic N) is 2. The Labute approximate surface area is 205 Å². The number of hydrogen-bond donors (Lipinski definition) is 3. The van der Waals surface area contributed by atoms with Crippen LogP contribution in [0.5, 0.6) is 0 Å². The van der Waals surface area contributed by atoms with E-state index in [2.05, 4.69) is 43.4 Å². The van der Waals surface area contributed by atoms with Crippen LogP contribution in [-0.4, -0.2) is 63.2 Å². The van der Waals surface area contributed by atoms with E-state index in [4.69, 9.17) is 4.74 Å². The van der Waals surface area contributed by atoms with Crippen LogP contribution in [0, 0.1) is 0 Å². The highest BCUT2D eigenvalue weighted by Gasteiger charge is 2.23. The first-order chi connectivity index (χ1) is 14.7. The fourth-order valence-electron chi connectivity index (χ4n) is 3.48. The Kier molecular flexibility index (Phi) is 11.3. The summed E-state index contributed by atoms with van der Waals surface area (Å²) in [5, 5.41) is 11.8. The molecule has 7 nitrogen and oxygen atoms in total. The molecule has 9 heteroatoms. The van der Waals surface area contributed by atoms with Crippen LogP contribution in [0.15, 0.2) is 46.8 Å². The summed E-state index contributed by atoms with van der Waals surface area (Å²) >= 11 is 1.79. The molecule has 1 unspecified atom stereocenters. The van der Waals surface area contributed by atoms with Gasteiger partial charge in [-0.25, -0.2) is 0 Å². The number of rotatable bonds is 8. The minimum Gasteiger partial charge on any atom is -0.379 e. The summed E-state index contributed by atoms with van der Waals surface area (Å²) in [5.74, 6) is 0.747. The van der Waals surface area contributed by atoms with E-state index in [9.17, 15) is 4.79 Å². The number of ether oxygens (including phenoxy) is 1. The molecule has 1 aliphatic rings. The number of guanidine groups is 1. The molecule has 0 saturated carbocycles. The van der Waals surface area contributed by atoms with Gasteiger partial charge in [-0.05, 0) is 35.6 Å². The summed E-state index contributed by atoms with van der Waals surface area (Å²) in [6, 6.07) is 12.6. The quantitative estimate of drug-likeness (QED) is 0.264. The zero-order chi connectivity index (χ0) is 21.2. The number of carbonyl (C=O) groups is 1. The van der Waals surface area contributed by atoms with Gasteiger partial charge in [0.1, 0.15) is 0 Å². The van der Waals surface area contributed by atoms with Crippen LogP contribution in [0.2, 0.25) is 0 Å². The van der Waals surface area contributed by atoms with Crippen molar-refractivity contribution in [3.8, 4) is 0 Å². The normalized spacial score (nSPS) is 15.6. The molecule has 1 amide bonds. The van der Waals surface area contributed by atoms with E-state index >= 15 is 0 Å². The molecule has 0 bridgehead atoms. The van der Waals surface area contributed by atoms with Crippen molar-refractivity contribution >= 4 is 52.9 Å². The second-order valence-corrected chi connectivity index (χ2v) is 8.17. The molecular weight excluding hydrogens is 525 g/mol. The Bertz CT molecular complexity index is 808. The first kappa shape index (κ1) is 25.6. The van der Waals surface area contributed by atoms with Crippen molar-refractivity contribution in [2.75, 3.05) is 51.8 Å². The van der Waals surface area contributed by atoms with Gasteiger partial charge in [0.15, 0.2) is 5.96 Å². The predicted octanol–water partition coefficient (Wildman–Crippen LogP) is 3.11. The molecule has 0 radical (unpaired) electrons. The highest BCUT2D eigenvalue weighted by Crippen LogP contribution is 2.25. The van der Waals surface area contributed by atoms with Crippen molar-refractivity contribution < 1.29 is 9.53 Å². The molecule has 2 aromatic rings. The lowest BCUT2D eigenvalue weighted by Crippen LogP contribution is -2.46. The van der Waals surface area contributed by atoms with Crippen molar-refractivity contribution in [1.29, 1.82) is 0 Å². The van der Waals surface area contributed by atoms with Gasteiger partial charge in [0.25, 0.3) is 0 Å². The van der Waals surface area contributed by atoms with Gasteiger partial charge in [-0.2, -0.15) is 0 Å². The molecule has 1 aliphatic heterocycles. The molecule has 0 aliphatic carbocycles. The number of benzene rings is 1. The second kappa shape index (κ2) is 13.7. The number of morpholine rings is 1. The Morgan fingerprint density at radius 1 is 1.19 bits per heavy atom. The van der Waals surface area contributed by atoms with Crippen LogP contribution in [0.1, 0.15) is 23.4 Å². The number of amides is 1. The number of halogens is 1. The molecule has 1 aromatic carbocycles. The fraction of sp³-hybridized carbons (Fsp3) is 0.455. The molecule has 1 fully saturated rings. The van der Waals surface area contributed by atoms with E-state index in [1.165, 1.54) is 17.4 Å². The van der Waals surface area contributed by atoms with Crippen LogP contribution >= 0.6 is 35.3 Å². The Morgan fingerprint density at radius 3 is 2.55 bits per heavy atom. The van der Waals surface area contributed by atoms with Gasteiger partial charge in [-0.3, -0.25) is 14.7 Å². The molecule has 2 heterocycles. The zero-order valence-electron chi connectivity index (χ0n) is 18.1. The summed E-state index contributed by atoms with van der Waals surface area (Å²) in [7, 11) is 1.80. The van der Waals surface area contributed by atoms with Crippen LogP contribution in [0.3, 0.4) is 0 Å². The third-order valence-electron chi connectivity index (χ3n) is 5.02. The maximum absolute atomic E-state index is 11.1. The smallest absolute Gasteiger partial charge is 0.221 e. The molecule has 1 aromatic heterocycles. The highest BCUT2D eigenvalue weighted by atomic mass is 127. The van der Waals surface area contributed by atoms with Crippen molar-refractivity contribution in [3.05, 3.63) is 52.2 Å². The maximum Gasteiger partial charge on any atom is 0.221 e. The van der Waals surface area contributed by atoms with E-state index < -0.39 is 0 Å². The minimum atomic E-state index is -0.0581. The van der Waals surface area contributed by atoms with Crippen molar-refractivity contribution in [3.63, 3.8) is 0 Å². The number of thiophene rings is 1. The van der Waals surface area contributed by atoms with Crippen molar-refractivity contribution in [2.24, 2.45) is 4.99 Å². The highest BCUT2D eigenvalue weighted by molar-refractivity contribution is 14.0. The molecular formula is C22H32IN5O2S. The van der Waals surface area contributed by atoms with Gasteiger partial charge in [0.05, 0.1) is 19.3 Å². The van der Waals surface area contributed by atoms with E-state index in [0.717, 1.165) is 57.5 Å². The van der Waals surface area contributed by atoms with Gasteiger partial charge in [-0.15, -0.1) is 35.3 Å². The van der Waals surface area contributed by atoms with Crippen molar-refractivity contribution in [2.45, 2.75) is 19.4 Å². The monoisotopic (exact) mass is 557 g/mol. The van der Waals surface area contributed by atoms with Gasteiger partial charge >= 0.3 is 0 Å². The number of hydrogen-bond acceptors (Lipinski definition) is 5. The van der Waals surface area contributed by atoms with Gasteiger partial charge in [-0.1, -0.05) is 18.2 Å². The Hall–Kier alpha value is -1.69. The SMILES string of the molecule is CN=C(NCCc1ccc(NC(C)=O)cc1)NCC(c1cccs1)N1CCOCC1.I. The summed E-state index contributed by atoms with van der Waals surface area (Å²) in [6.07, 6.45) is 0.874. The maximum atomic E-state index is 11.1. The summed E-state index contributed by atoms with van der Waals surface area (Å²) in [5.41, 5.74) is 2.02. The molecule has 1 atom stereocenters. The lowest BCUT2D eigenvalue weighted by molar-refractivity contribution is -0.114. The Morgan fingerprint density at radius 2 is 1.94 bits per heavy atom. The topological polar surface area (TPSA) is 78.0 Å². The van der Waals surface area contributed by atoms with Gasteiger partial charge < -0.3 is 20.7 Å². The summed E-state index contributed by atoms with van der Waals surface area (Å²) in [6.45, 7) is 6.56. The number of aliphatic imine (C=N–C) groups is 1. The average molecular weight is 558 g/mol.